The molecule has 6 nitrogen and oxygen atoms in total. The summed E-state index contributed by atoms with van der Waals surface area (Å²) in [5.74, 6) is 0.882. The fraction of sp³-hybridized carbons (Fsp3) is 0.250. The molecule has 0 bridgehead atoms. The highest BCUT2D eigenvalue weighted by atomic mass is 32.2. The zero-order chi connectivity index (χ0) is 13.7. The molecule has 0 fully saturated rings. The molecule has 0 amide bonds. The second-order valence-electron chi connectivity index (χ2n) is 3.47. The number of esters is 1. The van der Waals surface area contributed by atoms with Gasteiger partial charge in [0, 0.05) is 5.56 Å². The lowest BCUT2D eigenvalue weighted by Crippen LogP contribution is -2.02. The molecule has 0 unspecified atom stereocenters. The Morgan fingerprint density at radius 3 is 2.95 bits per heavy atom. The Labute approximate surface area is 114 Å². The first kappa shape index (κ1) is 13.4. The number of carbonyl (C=O) groups is 1. The molecule has 2 rings (SSSR count). The quantitative estimate of drug-likeness (QED) is 0.612. The van der Waals surface area contributed by atoms with Crippen molar-refractivity contribution in [1.82, 2.24) is 10.2 Å². The minimum Gasteiger partial charge on any atom is -0.497 e. The van der Waals surface area contributed by atoms with E-state index in [1.165, 1.54) is 7.11 Å². The van der Waals surface area contributed by atoms with E-state index in [0.29, 0.717) is 16.9 Å². The van der Waals surface area contributed by atoms with Crippen LogP contribution in [0.2, 0.25) is 0 Å². The average Bonchev–Trinajstić information content (AvgIpc) is 2.93. The van der Waals surface area contributed by atoms with Crippen LogP contribution in [0.3, 0.4) is 0 Å². The second kappa shape index (κ2) is 6.24. The molecule has 1 aromatic carbocycles. The zero-order valence-corrected chi connectivity index (χ0v) is 11.3. The molecule has 0 radical (unpaired) electrons. The van der Waals surface area contributed by atoms with Gasteiger partial charge >= 0.3 is 5.97 Å². The first-order chi connectivity index (χ1) is 9.22. The molecule has 100 valence electrons. The minimum atomic E-state index is -0.342. The van der Waals surface area contributed by atoms with Gasteiger partial charge in [0.05, 0.1) is 14.2 Å². The van der Waals surface area contributed by atoms with Gasteiger partial charge in [-0.2, -0.15) is 0 Å². The van der Waals surface area contributed by atoms with Crippen molar-refractivity contribution in [2.75, 3.05) is 20.0 Å². The van der Waals surface area contributed by atoms with Crippen molar-refractivity contribution in [2.45, 2.75) is 5.22 Å². The summed E-state index contributed by atoms with van der Waals surface area (Å²) in [6.45, 7) is 0. The third kappa shape index (κ3) is 3.47. The number of ether oxygens (including phenoxy) is 2. The average molecular weight is 280 g/mol. The lowest BCUT2D eigenvalue weighted by Gasteiger charge is -2.00. The lowest BCUT2D eigenvalue weighted by molar-refractivity contribution is -0.137. The SMILES string of the molecule is COC(=O)CSc1nnc(-c2cccc(OC)c2)o1. The van der Waals surface area contributed by atoms with E-state index in [9.17, 15) is 4.79 Å². The Kier molecular flexibility index (Phi) is 4.40. The molecule has 2 aromatic rings. The number of benzene rings is 1. The maximum atomic E-state index is 11.0. The highest BCUT2D eigenvalue weighted by Gasteiger charge is 2.11. The number of carbonyl (C=O) groups excluding carboxylic acids is 1. The summed E-state index contributed by atoms with van der Waals surface area (Å²) in [4.78, 5) is 11.0. The number of thioether (sulfide) groups is 1. The number of methoxy groups -OCH3 is 2. The number of hydrogen-bond acceptors (Lipinski definition) is 7. The Balaban J connectivity index is 2.09. The van der Waals surface area contributed by atoms with Gasteiger partial charge in [-0.1, -0.05) is 17.8 Å². The van der Waals surface area contributed by atoms with E-state index in [2.05, 4.69) is 14.9 Å². The van der Waals surface area contributed by atoms with Crippen molar-refractivity contribution in [3.8, 4) is 17.2 Å². The van der Waals surface area contributed by atoms with Crippen LogP contribution in [0.5, 0.6) is 5.75 Å². The summed E-state index contributed by atoms with van der Waals surface area (Å²) in [5.41, 5.74) is 0.761. The van der Waals surface area contributed by atoms with E-state index in [4.69, 9.17) is 9.15 Å². The number of nitrogens with zero attached hydrogens (tertiary/aromatic N) is 2. The highest BCUT2D eigenvalue weighted by molar-refractivity contribution is 7.99. The van der Waals surface area contributed by atoms with Crippen LogP contribution in [0.1, 0.15) is 0 Å². The van der Waals surface area contributed by atoms with Crippen LogP contribution in [0.15, 0.2) is 33.9 Å². The van der Waals surface area contributed by atoms with E-state index in [1.807, 2.05) is 18.2 Å². The van der Waals surface area contributed by atoms with Gasteiger partial charge in [0.2, 0.25) is 5.89 Å². The minimum absolute atomic E-state index is 0.135. The van der Waals surface area contributed by atoms with Crippen molar-refractivity contribution in [1.29, 1.82) is 0 Å². The third-order valence-corrected chi connectivity index (χ3v) is 3.06. The largest absolute Gasteiger partial charge is 0.497 e. The molecule has 0 aliphatic heterocycles. The Bertz CT molecular complexity index is 570. The van der Waals surface area contributed by atoms with Gasteiger partial charge < -0.3 is 13.9 Å². The fourth-order valence-corrected chi connectivity index (χ4v) is 1.92. The van der Waals surface area contributed by atoms with Crippen LogP contribution in [0.25, 0.3) is 11.5 Å². The topological polar surface area (TPSA) is 74.5 Å². The Morgan fingerprint density at radius 2 is 2.21 bits per heavy atom. The third-order valence-electron chi connectivity index (χ3n) is 2.26. The predicted molar refractivity (Wildman–Crippen MR) is 69.0 cm³/mol. The van der Waals surface area contributed by atoms with Crippen LogP contribution in [-0.4, -0.2) is 36.1 Å². The molecular formula is C12H12N2O4S. The van der Waals surface area contributed by atoms with Crippen LogP contribution >= 0.6 is 11.8 Å². The van der Waals surface area contributed by atoms with Crippen LogP contribution in [-0.2, 0) is 9.53 Å². The molecule has 0 aliphatic carbocycles. The standard InChI is InChI=1S/C12H12N2O4S/c1-16-9-5-3-4-8(6-9)11-13-14-12(18-11)19-7-10(15)17-2/h3-6H,7H2,1-2H3. The highest BCUT2D eigenvalue weighted by Crippen LogP contribution is 2.25. The summed E-state index contributed by atoms with van der Waals surface area (Å²) in [6.07, 6.45) is 0. The molecule has 7 heteroatoms. The predicted octanol–water partition coefficient (Wildman–Crippen LogP) is 2.01. The number of rotatable bonds is 5. The van der Waals surface area contributed by atoms with Crippen molar-refractivity contribution in [2.24, 2.45) is 0 Å². The van der Waals surface area contributed by atoms with Crippen molar-refractivity contribution in [3.63, 3.8) is 0 Å². The first-order valence-electron chi connectivity index (χ1n) is 5.40. The smallest absolute Gasteiger partial charge is 0.316 e. The van der Waals surface area contributed by atoms with Crippen molar-refractivity contribution >= 4 is 17.7 Å². The molecule has 0 atom stereocenters. The van der Waals surface area contributed by atoms with Gasteiger partial charge in [-0.05, 0) is 18.2 Å². The van der Waals surface area contributed by atoms with Gasteiger partial charge in [0.15, 0.2) is 0 Å². The van der Waals surface area contributed by atoms with Crippen LogP contribution < -0.4 is 4.74 Å². The molecule has 0 aliphatic rings. The molecule has 0 saturated heterocycles. The summed E-state index contributed by atoms with van der Waals surface area (Å²) in [5, 5.41) is 8.09. The molecule has 1 aromatic heterocycles. The molecule has 19 heavy (non-hydrogen) atoms. The summed E-state index contributed by atoms with van der Waals surface area (Å²) in [6, 6.07) is 7.29. The van der Waals surface area contributed by atoms with Crippen LogP contribution in [0, 0.1) is 0 Å². The monoisotopic (exact) mass is 280 g/mol. The van der Waals surface area contributed by atoms with Crippen molar-refractivity contribution in [3.05, 3.63) is 24.3 Å². The van der Waals surface area contributed by atoms with Gasteiger partial charge in [-0.3, -0.25) is 4.79 Å². The molecule has 0 spiro atoms. The molecule has 0 saturated carbocycles. The molecular weight excluding hydrogens is 268 g/mol. The summed E-state index contributed by atoms with van der Waals surface area (Å²) in [7, 11) is 2.92. The summed E-state index contributed by atoms with van der Waals surface area (Å²) < 4.78 is 15.1. The Morgan fingerprint density at radius 1 is 1.37 bits per heavy atom. The van der Waals surface area contributed by atoms with Gasteiger partial charge in [-0.25, -0.2) is 0 Å². The normalized spacial score (nSPS) is 10.2. The number of hydrogen-bond donors (Lipinski definition) is 0. The van der Waals surface area contributed by atoms with E-state index in [-0.39, 0.29) is 11.7 Å². The molecule has 1 heterocycles. The molecule has 0 N–H and O–H groups in total. The van der Waals surface area contributed by atoms with E-state index >= 15 is 0 Å². The van der Waals surface area contributed by atoms with Gasteiger partial charge in [0.25, 0.3) is 5.22 Å². The Hall–Kier alpha value is -2.02. The number of aromatic nitrogens is 2. The van der Waals surface area contributed by atoms with Gasteiger partial charge in [0.1, 0.15) is 11.5 Å². The fourth-order valence-electron chi connectivity index (χ4n) is 1.32. The van der Waals surface area contributed by atoms with Gasteiger partial charge in [-0.15, -0.1) is 10.2 Å². The second-order valence-corrected chi connectivity index (χ2v) is 4.40. The maximum Gasteiger partial charge on any atom is 0.316 e. The zero-order valence-electron chi connectivity index (χ0n) is 10.5. The van der Waals surface area contributed by atoms with E-state index in [1.54, 1.807) is 13.2 Å². The maximum absolute atomic E-state index is 11.0. The first-order valence-corrected chi connectivity index (χ1v) is 6.39. The van der Waals surface area contributed by atoms with E-state index in [0.717, 1.165) is 17.3 Å². The summed E-state index contributed by atoms with van der Waals surface area (Å²) >= 11 is 1.13. The van der Waals surface area contributed by atoms with E-state index < -0.39 is 0 Å². The van der Waals surface area contributed by atoms with Crippen molar-refractivity contribution < 1.29 is 18.7 Å². The van der Waals surface area contributed by atoms with Crippen LogP contribution in [0.4, 0.5) is 0 Å². The lowest BCUT2D eigenvalue weighted by atomic mass is 10.2.